The molecule has 0 radical (unpaired) electrons. The maximum atomic E-state index is 5.73. The Kier molecular flexibility index (Phi) is 2.23. The number of hydrogen-bond acceptors (Lipinski definition) is 3. The third-order valence-electron chi connectivity index (χ3n) is 2.31. The van der Waals surface area contributed by atoms with Crippen molar-refractivity contribution < 1.29 is 4.42 Å². The lowest BCUT2D eigenvalue weighted by molar-refractivity contribution is 0.517. The molecule has 3 nitrogen and oxygen atoms in total. The van der Waals surface area contributed by atoms with Crippen LogP contribution in [-0.2, 0) is 6.42 Å². The number of nitrogens with zero attached hydrogens (tertiary/aromatic N) is 2. The predicted octanol–water partition coefficient (Wildman–Crippen LogP) is 2.91. The minimum Gasteiger partial charge on any atom is -0.457 e. The lowest BCUT2D eigenvalue weighted by atomic mass is 10.1. The molecule has 0 bridgehead atoms. The molecule has 0 aliphatic heterocycles. The van der Waals surface area contributed by atoms with Crippen molar-refractivity contribution in [3.63, 3.8) is 0 Å². The molecule has 2 aromatic heterocycles. The van der Waals surface area contributed by atoms with Crippen LogP contribution in [0.15, 0.2) is 16.8 Å². The van der Waals surface area contributed by atoms with Gasteiger partial charge >= 0.3 is 0 Å². The third-order valence-corrected chi connectivity index (χ3v) is 2.31. The molecule has 2 aromatic rings. The molecular weight excluding hydrogens is 176 g/mol. The highest BCUT2D eigenvalue weighted by Crippen LogP contribution is 2.24. The molecule has 0 amide bonds. The first-order valence-electron chi connectivity index (χ1n) is 4.95. The molecule has 0 unspecified atom stereocenters. The van der Waals surface area contributed by atoms with Crippen LogP contribution in [0.25, 0.3) is 11.1 Å². The number of aryl methyl sites for hydroxylation is 1. The Morgan fingerprint density at radius 3 is 2.79 bits per heavy atom. The van der Waals surface area contributed by atoms with Gasteiger partial charge in [-0.05, 0) is 6.42 Å². The van der Waals surface area contributed by atoms with Crippen molar-refractivity contribution in [2.75, 3.05) is 0 Å². The van der Waals surface area contributed by atoms with Gasteiger partial charge in [0, 0.05) is 12.0 Å². The van der Waals surface area contributed by atoms with Gasteiger partial charge in [-0.2, -0.15) is 0 Å². The summed E-state index contributed by atoms with van der Waals surface area (Å²) in [4.78, 5) is 8.38. The number of aromatic nitrogens is 2. The summed E-state index contributed by atoms with van der Waals surface area (Å²) < 4.78 is 5.73. The molecule has 74 valence electrons. The van der Waals surface area contributed by atoms with Crippen LogP contribution in [-0.4, -0.2) is 9.97 Å². The molecule has 0 aliphatic carbocycles. The predicted molar refractivity (Wildman–Crippen MR) is 55.3 cm³/mol. The molecule has 0 aliphatic rings. The quantitative estimate of drug-likeness (QED) is 0.730. The van der Waals surface area contributed by atoms with Gasteiger partial charge in [0.25, 0.3) is 0 Å². The maximum absolute atomic E-state index is 5.73. The molecule has 2 rings (SSSR count). The van der Waals surface area contributed by atoms with E-state index < -0.39 is 0 Å². The van der Waals surface area contributed by atoms with E-state index in [9.17, 15) is 0 Å². The van der Waals surface area contributed by atoms with Crippen LogP contribution in [0.3, 0.4) is 0 Å². The highest BCUT2D eigenvalue weighted by molar-refractivity contribution is 5.75. The Morgan fingerprint density at radius 1 is 1.36 bits per heavy atom. The Morgan fingerprint density at radius 2 is 2.14 bits per heavy atom. The number of fused-ring (bicyclic) bond motifs is 1. The molecule has 0 aromatic carbocycles. The first-order valence-corrected chi connectivity index (χ1v) is 4.95. The van der Waals surface area contributed by atoms with E-state index in [4.69, 9.17) is 4.42 Å². The van der Waals surface area contributed by atoms with Crippen LogP contribution in [0.5, 0.6) is 0 Å². The van der Waals surface area contributed by atoms with E-state index in [1.54, 1.807) is 6.33 Å². The highest BCUT2D eigenvalue weighted by Gasteiger charge is 2.11. The summed E-state index contributed by atoms with van der Waals surface area (Å²) in [7, 11) is 0. The summed E-state index contributed by atoms with van der Waals surface area (Å²) >= 11 is 0. The van der Waals surface area contributed by atoms with Crippen molar-refractivity contribution in [2.24, 2.45) is 0 Å². The first kappa shape index (κ1) is 9.19. The topological polar surface area (TPSA) is 38.9 Å². The van der Waals surface area contributed by atoms with E-state index in [0.29, 0.717) is 5.92 Å². The first-order chi connectivity index (χ1) is 6.72. The molecule has 0 fully saturated rings. The fourth-order valence-electron chi connectivity index (χ4n) is 1.46. The van der Waals surface area contributed by atoms with Gasteiger partial charge in [-0.25, -0.2) is 9.97 Å². The summed E-state index contributed by atoms with van der Waals surface area (Å²) in [6, 6.07) is 2.00. The minimum absolute atomic E-state index is 0.397. The zero-order chi connectivity index (χ0) is 10.1. The Bertz CT molecular complexity index is 445. The fourth-order valence-corrected chi connectivity index (χ4v) is 1.46. The maximum Gasteiger partial charge on any atom is 0.174 e. The Balaban J connectivity index is 2.64. The van der Waals surface area contributed by atoms with Crippen molar-refractivity contribution in [1.29, 1.82) is 0 Å². The molecule has 2 heterocycles. The molecule has 0 saturated carbocycles. The number of hydrogen-bond donors (Lipinski definition) is 0. The average molecular weight is 190 g/mol. The van der Waals surface area contributed by atoms with E-state index >= 15 is 0 Å². The van der Waals surface area contributed by atoms with Gasteiger partial charge in [-0.15, -0.1) is 0 Å². The van der Waals surface area contributed by atoms with Crippen LogP contribution < -0.4 is 0 Å². The summed E-state index contributed by atoms with van der Waals surface area (Å²) in [5.41, 5.74) is 2.75. The lowest BCUT2D eigenvalue weighted by Crippen LogP contribution is -1.87. The molecule has 0 spiro atoms. The lowest BCUT2D eigenvalue weighted by Gasteiger charge is -1.97. The normalized spacial score (nSPS) is 11.4. The summed E-state index contributed by atoms with van der Waals surface area (Å²) in [6.07, 6.45) is 2.48. The van der Waals surface area contributed by atoms with Gasteiger partial charge in [-0.3, -0.25) is 0 Å². The summed E-state index contributed by atoms with van der Waals surface area (Å²) in [6.45, 7) is 6.28. The van der Waals surface area contributed by atoms with Crippen LogP contribution in [0.1, 0.15) is 38.1 Å². The molecular formula is C11H14N2O. The summed E-state index contributed by atoms with van der Waals surface area (Å²) in [5, 5.41) is 0. The highest BCUT2D eigenvalue weighted by atomic mass is 16.3. The second-order valence-corrected chi connectivity index (χ2v) is 3.69. The van der Waals surface area contributed by atoms with Crippen LogP contribution in [0.2, 0.25) is 0 Å². The largest absolute Gasteiger partial charge is 0.457 e. The fraction of sp³-hybridized carbons (Fsp3) is 0.455. The van der Waals surface area contributed by atoms with E-state index in [0.717, 1.165) is 29.0 Å². The van der Waals surface area contributed by atoms with Crippen LogP contribution in [0, 0.1) is 0 Å². The van der Waals surface area contributed by atoms with E-state index in [1.807, 2.05) is 6.07 Å². The Hall–Kier alpha value is -1.38. The van der Waals surface area contributed by atoms with E-state index in [1.165, 1.54) is 0 Å². The molecule has 0 saturated heterocycles. The monoisotopic (exact) mass is 190 g/mol. The van der Waals surface area contributed by atoms with Crippen molar-refractivity contribution in [3.8, 4) is 0 Å². The average Bonchev–Trinajstić information content (AvgIpc) is 2.60. The van der Waals surface area contributed by atoms with Crippen molar-refractivity contribution in [3.05, 3.63) is 23.8 Å². The van der Waals surface area contributed by atoms with E-state index in [2.05, 4.69) is 30.7 Å². The second-order valence-electron chi connectivity index (χ2n) is 3.69. The standard InChI is InChI=1S/C11H14N2O/c1-4-8-11-9(13-6-12-8)5-10(14-11)7(2)3/h5-7H,4H2,1-3H3. The molecule has 0 N–H and O–H groups in total. The van der Waals surface area contributed by atoms with E-state index in [-0.39, 0.29) is 0 Å². The smallest absolute Gasteiger partial charge is 0.174 e. The third kappa shape index (κ3) is 1.39. The van der Waals surface area contributed by atoms with Gasteiger partial charge < -0.3 is 4.42 Å². The molecule has 14 heavy (non-hydrogen) atoms. The van der Waals surface area contributed by atoms with Crippen molar-refractivity contribution in [2.45, 2.75) is 33.1 Å². The number of rotatable bonds is 2. The molecule has 0 atom stereocenters. The van der Waals surface area contributed by atoms with Gasteiger partial charge in [0.15, 0.2) is 5.58 Å². The van der Waals surface area contributed by atoms with Crippen molar-refractivity contribution >= 4 is 11.1 Å². The van der Waals surface area contributed by atoms with Gasteiger partial charge in [0.2, 0.25) is 0 Å². The van der Waals surface area contributed by atoms with Crippen LogP contribution >= 0.6 is 0 Å². The zero-order valence-electron chi connectivity index (χ0n) is 8.74. The van der Waals surface area contributed by atoms with Gasteiger partial charge in [0.05, 0.1) is 5.69 Å². The molecule has 3 heteroatoms. The van der Waals surface area contributed by atoms with Crippen molar-refractivity contribution in [1.82, 2.24) is 9.97 Å². The zero-order valence-corrected chi connectivity index (χ0v) is 8.74. The van der Waals surface area contributed by atoms with Crippen LogP contribution in [0.4, 0.5) is 0 Å². The van der Waals surface area contributed by atoms with Gasteiger partial charge in [0.1, 0.15) is 17.6 Å². The van der Waals surface area contributed by atoms with Gasteiger partial charge in [-0.1, -0.05) is 20.8 Å². The SMILES string of the molecule is CCc1ncnc2cc(C(C)C)oc12. The minimum atomic E-state index is 0.397. The number of furan rings is 1. The Labute approximate surface area is 83.2 Å². The second kappa shape index (κ2) is 3.40. The summed E-state index contributed by atoms with van der Waals surface area (Å²) in [5.74, 6) is 1.38.